The maximum Gasteiger partial charge on any atom is 0.231 e. The van der Waals surface area contributed by atoms with Gasteiger partial charge < -0.3 is 9.47 Å². The highest BCUT2D eigenvalue weighted by Gasteiger charge is 2.50. The monoisotopic (exact) mass is 297 g/mol. The van der Waals surface area contributed by atoms with Gasteiger partial charge in [-0.15, -0.1) is 0 Å². The van der Waals surface area contributed by atoms with Crippen molar-refractivity contribution in [3.8, 4) is 11.5 Å². The quantitative estimate of drug-likeness (QED) is 0.737. The predicted octanol–water partition coefficient (Wildman–Crippen LogP) is 2.50. The summed E-state index contributed by atoms with van der Waals surface area (Å²) >= 11 is 0. The zero-order chi connectivity index (χ0) is 14.9. The lowest BCUT2D eigenvalue weighted by Crippen LogP contribution is -2.31. The van der Waals surface area contributed by atoms with Crippen LogP contribution in [0.4, 0.5) is 0 Å². The molecule has 0 radical (unpaired) electrons. The number of carbonyl (C=O) groups excluding carboxylic acids is 1. The number of hydrogen-bond donors (Lipinski definition) is 0. The number of hydrogen-bond acceptors (Lipinski definition) is 4. The van der Waals surface area contributed by atoms with Crippen LogP contribution in [0.1, 0.15) is 42.0 Å². The first-order chi connectivity index (χ1) is 10.7. The van der Waals surface area contributed by atoms with E-state index in [1.54, 1.807) is 6.08 Å². The van der Waals surface area contributed by atoms with E-state index in [4.69, 9.17) is 9.47 Å². The first-order valence-corrected chi connectivity index (χ1v) is 8.06. The molecule has 0 fully saturated rings. The van der Waals surface area contributed by atoms with Crippen LogP contribution in [0.2, 0.25) is 0 Å². The second kappa shape index (κ2) is 4.13. The van der Waals surface area contributed by atoms with Crippen molar-refractivity contribution in [2.45, 2.75) is 37.1 Å². The fraction of sp³-hybridized carbons (Fsp3) is 0.500. The topological polar surface area (TPSA) is 38.8 Å². The summed E-state index contributed by atoms with van der Waals surface area (Å²) in [6.07, 6.45) is 7.55. The average molecular weight is 297 g/mol. The molecule has 0 N–H and O–H groups in total. The van der Waals surface area contributed by atoms with E-state index in [9.17, 15) is 4.79 Å². The number of rotatable bonds is 0. The van der Waals surface area contributed by atoms with Crippen molar-refractivity contribution in [3.63, 3.8) is 0 Å². The van der Waals surface area contributed by atoms with Gasteiger partial charge in [0.1, 0.15) is 0 Å². The molecule has 4 nitrogen and oxygen atoms in total. The fourth-order valence-corrected chi connectivity index (χ4v) is 4.71. The highest BCUT2D eigenvalue weighted by molar-refractivity contribution is 5.91. The second-order valence-electron chi connectivity index (χ2n) is 6.96. The molecular weight excluding hydrogens is 278 g/mol. The van der Waals surface area contributed by atoms with Crippen LogP contribution in [-0.2, 0) is 16.6 Å². The van der Waals surface area contributed by atoms with Gasteiger partial charge in [0.25, 0.3) is 0 Å². The number of carbonyl (C=O) groups is 1. The summed E-state index contributed by atoms with van der Waals surface area (Å²) < 4.78 is 11.5. The number of ketones is 1. The van der Waals surface area contributed by atoms with Gasteiger partial charge in [0, 0.05) is 30.0 Å². The Kier molecular flexibility index (Phi) is 2.39. The van der Waals surface area contributed by atoms with Crippen molar-refractivity contribution < 1.29 is 14.3 Å². The number of allylic oxidation sites excluding steroid dienone is 2. The molecule has 0 aromatic heterocycles. The zero-order valence-corrected chi connectivity index (χ0v) is 12.7. The third-order valence-corrected chi connectivity index (χ3v) is 5.85. The van der Waals surface area contributed by atoms with Crippen molar-refractivity contribution in [2.75, 3.05) is 20.4 Å². The first kappa shape index (κ1) is 12.7. The van der Waals surface area contributed by atoms with E-state index >= 15 is 0 Å². The molecule has 0 bridgehead atoms. The van der Waals surface area contributed by atoms with Crippen molar-refractivity contribution >= 4 is 5.78 Å². The van der Waals surface area contributed by atoms with Gasteiger partial charge in [-0.05, 0) is 49.6 Å². The number of likely N-dealkylation sites (N-methyl/N-ethyl adjacent to an activating group) is 1. The smallest absolute Gasteiger partial charge is 0.231 e. The number of fused-ring (bicyclic) bond motifs is 3. The lowest BCUT2D eigenvalue weighted by Gasteiger charge is -2.32. The first-order valence-electron chi connectivity index (χ1n) is 8.06. The molecule has 2 aliphatic heterocycles. The Morgan fingerprint density at radius 1 is 1.32 bits per heavy atom. The van der Waals surface area contributed by atoms with E-state index in [1.807, 2.05) is 0 Å². The minimum atomic E-state index is -0.0553. The molecule has 4 heteroatoms. The largest absolute Gasteiger partial charge is 0.454 e. The maximum absolute atomic E-state index is 11.7. The van der Waals surface area contributed by atoms with Crippen LogP contribution < -0.4 is 9.47 Å². The van der Waals surface area contributed by atoms with Crippen LogP contribution >= 0.6 is 0 Å². The second-order valence-corrected chi connectivity index (χ2v) is 6.96. The zero-order valence-electron chi connectivity index (χ0n) is 12.7. The molecule has 114 valence electrons. The molecule has 2 atom stereocenters. The Bertz CT molecular complexity index is 724. The van der Waals surface area contributed by atoms with Gasteiger partial charge in [-0.1, -0.05) is 6.08 Å². The molecule has 1 aromatic carbocycles. The van der Waals surface area contributed by atoms with Crippen molar-refractivity contribution in [2.24, 2.45) is 0 Å². The molecule has 0 unspecified atom stereocenters. The third-order valence-electron chi connectivity index (χ3n) is 5.85. The average Bonchev–Trinajstić information content (AvgIpc) is 3.10. The van der Waals surface area contributed by atoms with E-state index < -0.39 is 0 Å². The summed E-state index contributed by atoms with van der Waals surface area (Å²) in [5, 5.41) is 0. The normalized spacial score (nSPS) is 31.9. The summed E-state index contributed by atoms with van der Waals surface area (Å²) in [6, 6.07) is 2.61. The Morgan fingerprint density at radius 2 is 2.23 bits per heavy atom. The van der Waals surface area contributed by atoms with Crippen LogP contribution in [0, 0.1) is 0 Å². The SMILES string of the molecule is CN1CCc2cc3c(c4c2[C@H]1C[C@@]41C=CC(=O)CC1)OCO3. The summed E-state index contributed by atoms with van der Waals surface area (Å²) in [5.74, 6) is 2.06. The van der Waals surface area contributed by atoms with Crippen LogP contribution in [0.3, 0.4) is 0 Å². The highest BCUT2D eigenvalue weighted by atomic mass is 16.7. The molecule has 1 spiro atoms. The minimum Gasteiger partial charge on any atom is -0.454 e. The van der Waals surface area contributed by atoms with Crippen molar-refractivity contribution in [3.05, 3.63) is 34.9 Å². The Labute approximate surface area is 129 Å². The summed E-state index contributed by atoms with van der Waals surface area (Å²) in [6.45, 7) is 1.39. The molecule has 0 saturated carbocycles. The van der Waals surface area contributed by atoms with Crippen molar-refractivity contribution in [1.82, 2.24) is 4.90 Å². The van der Waals surface area contributed by atoms with E-state index in [-0.39, 0.29) is 11.2 Å². The molecule has 5 rings (SSSR count). The van der Waals surface area contributed by atoms with Gasteiger partial charge in [0.05, 0.1) is 0 Å². The van der Waals surface area contributed by atoms with Crippen LogP contribution in [-0.4, -0.2) is 31.1 Å². The van der Waals surface area contributed by atoms with Crippen LogP contribution in [0.5, 0.6) is 11.5 Å². The molecule has 2 aliphatic carbocycles. The summed E-state index contributed by atoms with van der Waals surface area (Å²) in [5.41, 5.74) is 4.10. The highest BCUT2D eigenvalue weighted by Crippen LogP contribution is 2.60. The predicted molar refractivity (Wildman–Crippen MR) is 81.3 cm³/mol. The Balaban J connectivity index is 1.79. The Hall–Kier alpha value is -1.81. The molecule has 22 heavy (non-hydrogen) atoms. The fourth-order valence-electron chi connectivity index (χ4n) is 4.71. The van der Waals surface area contributed by atoms with Crippen LogP contribution in [0.15, 0.2) is 18.2 Å². The minimum absolute atomic E-state index is 0.0553. The van der Waals surface area contributed by atoms with Gasteiger partial charge in [-0.2, -0.15) is 0 Å². The van der Waals surface area contributed by atoms with E-state index in [2.05, 4.69) is 24.1 Å². The van der Waals surface area contributed by atoms with E-state index in [0.717, 1.165) is 37.3 Å². The number of benzene rings is 1. The lowest BCUT2D eigenvalue weighted by molar-refractivity contribution is -0.115. The molecule has 0 saturated heterocycles. The summed E-state index contributed by atoms with van der Waals surface area (Å²) in [4.78, 5) is 14.1. The molecule has 2 heterocycles. The van der Waals surface area contributed by atoms with Gasteiger partial charge >= 0.3 is 0 Å². The number of ether oxygens (including phenoxy) is 2. The maximum atomic E-state index is 11.7. The molecular formula is C18H19NO3. The van der Waals surface area contributed by atoms with Gasteiger partial charge in [0.2, 0.25) is 6.79 Å². The molecule has 0 amide bonds. The van der Waals surface area contributed by atoms with Gasteiger partial charge in [0.15, 0.2) is 17.3 Å². The lowest BCUT2D eigenvalue weighted by atomic mass is 9.73. The van der Waals surface area contributed by atoms with Gasteiger partial charge in [-0.25, -0.2) is 0 Å². The van der Waals surface area contributed by atoms with Crippen molar-refractivity contribution in [1.29, 1.82) is 0 Å². The van der Waals surface area contributed by atoms with E-state index in [0.29, 0.717) is 19.3 Å². The number of nitrogens with zero attached hydrogens (tertiary/aromatic N) is 1. The third kappa shape index (κ3) is 1.48. The standard InChI is InChI=1S/C18H19NO3/c1-19-7-4-11-8-14-17(22-10-21-14)16-15(11)13(19)9-18(16)5-2-12(20)3-6-18/h2,5,8,13H,3-4,6-7,9-10H2,1H3/t13-,18+/m1/s1. The Morgan fingerprint density at radius 3 is 3.05 bits per heavy atom. The summed E-state index contributed by atoms with van der Waals surface area (Å²) in [7, 11) is 2.21. The van der Waals surface area contributed by atoms with Gasteiger partial charge in [-0.3, -0.25) is 9.69 Å². The molecule has 4 aliphatic rings. The van der Waals surface area contributed by atoms with Crippen LogP contribution in [0.25, 0.3) is 0 Å². The van der Waals surface area contributed by atoms with E-state index in [1.165, 1.54) is 16.7 Å². The molecule has 1 aromatic rings.